The van der Waals surface area contributed by atoms with Gasteiger partial charge in [0.05, 0.1) is 25.2 Å². The van der Waals surface area contributed by atoms with Crippen molar-refractivity contribution >= 4 is 0 Å². The molecule has 0 saturated carbocycles. The average molecular weight is 313 g/mol. The molecule has 2 aromatic rings. The van der Waals surface area contributed by atoms with Crippen molar-refractivity contribution in [1.82, 2.24) is 5.32 Å². The van der Waals surface area contributed by atoms with E-state index in [1.54, 1.807) is 6.26 Å². The molecule has 0 aliphatic carbocycles. The number of piperidine rings is 1. The molecule has 0 unspecified atom stereocenters. The Labute approximate surface area is 139 Å². The third kappa shape index (κ3) is 4.04. The molecule has 1 aliphatic heterocycles. The number of hydrogen-bond acceptors (Lipinski definition) is 3. The van der Waals surface area contributed by atoms with Gasteiger partial charge in [-0.15, -0.1) is 0 Å². The summed E-state index contributed by atoms with van der Waals surface area (Å²) in [4.78, 5) is 0. The van der Waals surface area contributed by atoms with Crippen LogP contribution in [0.1, 0.15) is 49.8 Å². The van der Waals surface area contributed by atoms with Gasteiger partial charge in [-0.1, -0.05) is 45.0 Å². The van der Waals surface area contributed by atoms with Crippen LogP contribution in [0.15, 0.2) is 47.3 Å². The molecule has 3 rings (SSSR count). The van der Waals surface area contributed by atoms with E-state index in [2.05, 4.69) is 56.4 Å². The highest BCUT2D eigenvalue weighted by Crippen LogP contribution is 2.29. The highest BCUT2D eigenvalue weighted by atomic mass is 16.5. The lowest BCUT2D eigenvalue weighted by Crippen LogP contribution is -2.40. The molecule has 1 fully saturated rings. The summed E-state index contributed by atoms with van der Waals surface area (Å²) < 4.78 is 11.5. The van der Waals surface area contributed by atoms with Crippen LogP contribution in [-0.4, -0.2) is 19.2 Å². The predicted octanol–water partition coefficient (Wildman–Crippen LogP) is 4.24. The lowest BCUT2D eigenvalue weighted by atomic mass is 9.87. The van der Waals surface area contributed by atoms with Crippen molar-refractivity contribution in [3.05, 3.63) is 59.5 Å². The second-order valence-electron chi connectivity index (χ2n) is 7.45. The average Bonchev–Trinajstić information content (AvgIpc) is 3.07. The van der Waals surface area contributed by atoms with Gasteiger partial charge in [0.1, 0.15) is 0 Å². The highest BCUT2D eigenvalue weighted by Gasteiger charge is 2.27. The lowest BCUT2D eigenvalue weighted by molar-refractivity contribution is 0.0105. The van der Waals surface area contributed by atoms with E-state index in [1.807, 2.05) is 6.26 Å². The minimum absolute atomic E-state index is 0.194. The molecule has 1 N–H and O–H groups in total. The van der Waals surface area contributed by atoms with E-state index in [1.165, 1.54) is 16.7 Å². The minimum Gasteiger partial charge on any atom is -0.472 e. The maximum atomic E-state index is 6.23. The van der Waals surface area contributed by atoms with E-state index >= 15 is 0 Å². The Balaban J connectivity index is 1.62. The standard InChI is InChI=1S/C20H27NO2/c1-20(2,3)17-6-4-15(5-7-17)13-23-19-12-21-10-8-18(19)16-9-11-22-14-16/h4-7,9,11,14,18-19,21H,8,10,12-13H2,1-3H3/t18-,19+/m0/s1. The third-order valence-corrected chi connectivity index (χ3v) is 4.68. The van der Waals surface area contributed by atoms with Crippen molar-refractivity contribution in [1.29, 1.82) is 0 Å². The second-order valence-corrected chi connectivity index (χ2v) is 7.45. The van der Waals surface area contributed by atoms with Gasteiger partial charge in [-0.3, -0.25) is 0 Å². The summed E-state index contributed by atoms with van der Waals surface area (Å²) in [5, 5.41) is 3.44. The Morgan fingerprint density at radius 2 is 1.96 bits per heavy atom. The molecule has 2 atom stereocenters. The number of benzene rings is 1. The molecular weight excluding hydrogens is 286 g/mol. The molecule has 0 radical (unpaired) electrons. The molecule has 1 saturated heterocycles. The van der Waals surface area contributed by atoms with E-state index in [0.717, 1.165) is 19.5 Å². The van der Waals surface area contributed by atoms with Crippen LogP contribution in [0, 0.1) is 0 Å². The molecule has 0 amide bonds. The van der Waals surface area contributed by atoms with Crippen molar-refractivity contribution in [2.75, 3.05) is 13.1 Å². The fraction of sp³-hybridized carbons (Fsp3) is 0.500. The maximum absolute atomic E-state index is 6.23. The molecule has 3 heteroatoms. The molecule has 0 spiro atoms. The summed E-state index contributed by atoms with van der Waals surface area (Å²) in [5.41, 5.74) is 4.03. The van der Waals surface area contributed by atoms with Crippen LogP contribution in [0.25, 0.3) is 0 Å². The molecule has 124 valence electrons. The van der Waals surface area contributed by atoms with E-state index in [4.69, 9.17) is 9.15 Å². The van der Waals surface area contributed by atoms with Gasteiger partial charge in [-0.05, 0) is 41.1 Å². The van der Waals surface area contributed by atoms with Gasteiger partial charge in [-0.25, -0.2) is 0 Å². The van der Waals surface area contributed by atoms with Gasteiger partial charge in [0.2, 0.25) is 0 Å². The van der Waals surface area contributed by atoms with Crippen LogP contribution < -0.4 is 5.32 Å². The maximum Gasteiger partial charge on any atom is 0.0938 e. The van der Waals surface area contributed by atoms with Gasteiger partial charge in [0.15, 0.2) is 0 Å². The van der Waals surface area contributed by atoms with Crippen molar-refractivity contribution in [3.63, 3.8) is 0 Å². The number of hydrogen-bond donors (Lipinski definition) is 1. The first-order valence-corrected chi connectivity index (χ1v) is 8.48. The molecular formula is C20H27NO2. The van der Waals surface area contributed by atoms with E-state index < -0.39 is 0 Å². The Morgan fingerprint density at radius 1 is 1.17 bits per heavy atom. The lowest BCUT2D eigenvalue weighted by Gasteiger charge is -2.31. The molecule has 1 aromatic heterocycles. The van der Waals surface area contributed by atoms with E-state index in [-0.39, 0.29) is 11.5 Å². The SMILES string of the molecule is CC(C)(C)c1ccc(CO[C@@H]2CNCC[C@H]2c2ccoc2)cc1. The molecule has 1 aromatic carbocycles. The number of rotatable bonds is 4. The molecule has 3 nitrogen and oxygen atoms in total. The summed E-state index contributed by atoms with van der Waals surface area (Å²) >= 11 is 0. The summed E-state index contributed by atoms with van der Waals surface area (Å²) in [6.45, 7) is 9.31. The molecule has 2 heterocycles. The Bertz CT molecular complexity index is 596. The zero-order chi connectivity index (χ0) is 16.3. The first-order valence-electron chi connectivity index (χ1n) is 8.48. The van der Waals surface area contributed by atoms with Crippen LogP contribution >= 0.6 is 0 Å². The topological polar surface area (TPSA) is 34.4 Å². The van der Waals surface area contributed by atoms with Crippen LogP contribution in [0.4, 0.5) is 0 Å². The summed E-state index contributed by atoms with van der Waals surface area (Å²) in [7, 11) is 0. The van der Waals surface area contributed by atoms with Gasteiger partial charge in [0.25, 0.3) is 0 Å². The monoisotopic (exact) mass is 313 g/mol. The summed E-state index contributed by atoms with van der Waals surface area (Å²) in [6, 6.07) is 10.9. The largest absolute Gasteiger partial charge is 0.472 e. The fourth-order valence-corrected chi connectivity index (χ4v) is 3.18. The highest BCUT2D eigenvalue weighted by molar-refractivity contribution is 5.27. The van der Waals surface area contributed by atoms with Gasteiger partial charge in [-0.2, -0.15) is 0 Å². The summed E-state index contributed by atoms with van der Waals surface area (Å²) in [5.74, 6) is 0.420. The minimum atomic E-state index is 0.194. The number of furan rings is 1. The van der Waals surface area contributed by atoms with Crippen molar-refractivity contribution in [2.24, 2.45) is 0 Å². The molecule has 1 aliphatic rings. The van der Waals surface area contributed by atoms with Crippen LogP contribution in [0.3, 0.4) is 0 Å². The van der Waals surface area contributed by atoms with E-state index in [0.29, 0.717) is 12.5 Å². The number of nitrogens with one attached hydrogen (secondary N) is 1. The van der Waals surface area contributed by atoms with E-state index in [9.17, 15) is 0 Å². The zero-order valence-electron chi connectivity index (χ0n) is 14.3. The normalized spacial score (nSPS) is 22.2. The van der Waals surface area contributed by atoms with Crippen LogP contribution in [0.5, 0.6) is 0 Å². The van der Waals surface area contributed by atoms with Crippen molar-refractivity contribution < 1.29 is 9.15 Å². The second kappa shape index (κ2) is 6.90. The molecule has 0 bridgehead atoms. The van der Waals surface area contributed by atoms with Crippen molar-refractivity contribution in [2.45, 2.75) is 51.2 Å². The first-order chi connectivity index (χ1) is 11.0. The fourth-order valence-electron chi connectivity index (χ4n) is 3.18. The van der Waals surface area contributed by atoms with Gasteiger partial charge in [0, 0.05) is 12.5 Å². The number of ether oxygens (including phenoxy) is 1. The van der Waals surface area contributed by atoms with Gasteiger partial charge < -0.3 is 14.5 Å². The zero-order valence-corrected chi connectivity index (χ0v) is 14.3. The predicted molar refractivity (Wildman–Crippen MR) is 92.7 cm³/mol. The van der Waals surface area contributed by atoms with Crippen molar-refractivity contribution in [3.8, 4) is 0 Å². The van der Waals surface area contributed by atoms with Gasteiger partial charge >= 0.3 is 0 Å². The van der Waals surface area contributed by atoms with Crippen LogP contribution in [0.2, 0.25) is 0 Å². The Morgan fingerprint density at radius 3 is 2.61 bits per heavy atom. The van der Waals surface area contributed by atoms with Crippen LogP contribution in [-0.2, 0) is 16.8 Å². The third-order valence-electron chi connectivity index (χ3n) is 4.68. The Hall–Kier alpha value is -1.58. The summed E-state index contributed by atoms with van der Waals surface area (Å²) in [6.07, 6.45) is 4.89. The quantitative estimate of drug-likeness (QED) is 0.917. The Kier molecular flexibility index (Phi) is 4.88. The molecule has 23 heavy (non-hydrogen) atoms. The first kappa shape index (κ1) is 16.3. The smallest absolute Gasteiger partial charge is 0.0938 e.